The van der Waals surface area contributed by atoms with Crippen LogP contribution < -0.4 is 11.1 Å². The summed E-state index contributed by atoms with van der Waals surface area (Å²) < 4.78 is 1.53. The summed E-state index contributed by atoms with van der Waals surface area (Å²) in [6.45, 7) is 3.01. The molecule has 9 nitrogen and oxygen atoms in total. The smallest absolute Gasteiger partial charge is 0.223 e. The van der Waals surface area contributed by atoms with Crippen LogP contribution in [0.25, 0.3) is 17.0 Å². The van der Waals surface area contributed by atoms with Gasteiger partial charge >= 0.3 is 0 Å². The molecule has 0 atom stereocenters. The highest BCUT2D eigenvalue weighted by Gasteiger charge is 2.21. The fraction of sp³-hybridized carbons (Fsp3) is 0.316. The first kappa shape index (κ1) is 20.5. The molecule has 1 aliphatic heterocycles. The Bertz CT molecular complexity index is 946. The van der Waals surface area contributed by atoms with Crippen LogP contribution in [0.3, 0.4) is 0 Å². The van der Waals surface area contributed by atoms with Crippen molar-refractivity contribution < 1.29 is 9.59 Å². The lowest BCUT2D eigenvalue weighted by atomic mass is 10.1. The third-order valence-electron chi connectivity index (χ3n) is 4.65. The van der Waals surface area contributed by atoms with Gasteiger partial charge in [0.1, 0.15) is 6.29 Å². The second kappa shape index (κ2) is 9.33. The molecule has 0 bridgehead atoms. The van der Waals surface area contributed by atoms with Gasteiger partial charge in [0, 0.05) is 44.0 Å². The van der Waals surface area contributed by atoms with Crippen LogP contribution in [0.5, 0.6) is 0 Å². The van der Waals surface area contributed by atoms with E-state index in [-0.39, 0.29) is 11.9 Å². The Balaban J connectivity index is 1.75. The number of rotatable bonds is 6. The summed E-state index contributed by atoms with van der Waals surface area (Å²) in [7, 11) is 0. The van der Waals surface area contributed by atoms with E-state index < -0.39 is 0 Å². The van der Waals surface area contributed by atoms with Gasteiger partial charge in [0.25, 0.3) is 0 Å². The third-order valence-corrected chi connectivity index (χ3v) is 4.93. The van der Waals surface area contributed by atoms with E-state index in [9.17, 15) is 9.59 Å². The van der Waals surface area contributed by atoms with Gasteiger partial charge in [-0.3, -0.25) is 9.59 Å². The molecule has 0 saturated carbocycles. The van der Waals surface area contributed by atoms with Gasteiger partial charge in [-0.25, -0.2) is 14.6 Å². The Morgan fingerprint density at radius 1 is 1.34 bits per heavy atom. The molecule has 3 N–H and O–H groups in total. The maximum absolute atomic E-state index is 11.5. The van der Waals surface area contributed by atoms with E-state index in [1.807, 2.05) is 4.90 Å². The Hall–Kier alpha value is -3.20. The van der Waals surface area contributed by atoms with Gasteiger partial charge in [-0.2, -0.15) is 5.10 Å². The van der Waals surface area contributed by atoms with Gasteiger partial charge in [0.2, 0.25) is 11.9 Å². The molecule has 2 aromatic heterocycles. The maximum atomic E-state index is 11.5. The molecule has 0 spiro atoms. The Morgan fingerprint density at radius 2 is 2.10 bits per heavy atom. The summed E-state index contributed by atoms with van der Waals surface area (Å²) in [6.07, 6.45) is 11.4. The molecule has 1 saturated heterocycles. The number of aromatic nitrogens is 4. The van der Waals surface area contributed by atoms with E-state index in [0.717, 1.165) is 12.8 Å². The van der Waals surface area contributed by atoms with Gasteiger partial charge in [0.05, 0.1) is 28.8 Å². The molecule has 3 rings (SSSR count). The van der Waals surface area contributed by atoms with Crippen LogP contribution in [0.1, 0.15) is 19.8 Å². The van der Waals surface area contributed by atoms with Gasteiger partial charge in [0.15, 0.2) is 0 Å². The number of anilines is 1. The topological polar surface area (TPSA) is 119 Å². The second-order valence-electron chi connectivity index (χ2n) is 6.58. The van der Waals surface area contributed by atoms with Crippen LogP contribution in [0, 0.1) is 0 Å². The highest BCUT2D eigenvalue weighted by Crippen LogP contribution is 2.27. The summed E-state index contributed by atoms with van der Waals surface area (Å²) in [4.78, 5) is 32.6. The average Bonchev–Trinajstić information content (AvgIpc) is 3.20. The Kier molecular flexibility index (Phi) is 6.61. The zero-order valence-corrected chi connectivity index (χ0v) is 16.7. The molecule has 3 heterocycles. The van der Waals surface area contributed by atoms with Crippen molar-refractivity contribution in [1.29, 1.82) is 0 Å². The van der Waals surface area contributed by atoms with E-state index in [1.165, 1.54) is 17.0 Å². The fourth-order valence-electron chi connectivity index (χ4n) is 3.09. The molecule has 2 aromatic rings. The number of nitrogens with two attached hydrogens (primary N) is 1. The van der Waals surface area contributed by atoms with Crippen molar-refractivity contribution in [2.45, 2.75) is 25.8 Å². The van der Waals surface area contributed by atoms with E-state index >= 15 is 0 Å². The number of likely N-dealkylation sites (tertiary alicyclic amines) is 1. The number of allylic oxidation sites excluding steroid dienone is 3. The number of carbonyl (C=O) groups excluding carboxylic acids is 2. The predicted octanol–water partition coefficient (Wildman–Crippen LogP) is 1.93. The minimum Gasteiger partial charge on any atom is -0.403 e. The van der Waals surface area contributed by atoms with Crippen LogP contribution in [-0.2, 0) is 9.59 Å². The quantitative estimate of drug-likeness (QED) is 0.420. The monoisotopic (exact) mass is 415 g/mol. The van der Waals surface area contributed by atoms with Crippen molar-refractivity contribution in [3.05, 3.63) is 42.0 Å². The summed E-state index contributed by atoms with van der Waals surface area (Å²) in [6, 6.07) is 0.183. The molecule has 0 aliphatic carbocycles. The molecule has 0 radical (unpaired) electrons. The van der Waals surface area contributed by atoms with Crippen molar-refractivity contribution in [2.24, 2.45) is 5.73 Å². The summed E-state index contributed by atoms with van der Waals surface area (Å²) in [5.41, 5.74) is 7.36. The van der Waals surface area contributed by atoms with E-state index in [2.05, 4.69) is 20.4 Å². The number of piperidine rings is 1. The number of halogens is 1. The fourth-order valence-corrected chi connectivity index (χ4v) is 3.29. The zero-order chi connectivity index (χ0) is 20.8. The minimum atomic E-state index is 0.0966. The number of amides is 1. The van der Waals surface area contributed by atoms with Crippen molar-refractivity contribution in [2.75, 3.05) is 18.4 Å². The maximum Gasteiger partial charge on any atom is 0.223 e. The summed E-state index contributed by atoms with van der Waals surface area (Å²) in [5.74, 6) is 0.563. The standard InChI is InChI=1S/C19H22ClN7O2/c1-13(29)26-6-4-15(5-7-26)24-19-22-11-17(20)18(25-19)14-10-23-27(12-14)16(9-21)3-2-8-28/h2-3,8-12,15H,4-7,21H2,1H3,(H,22,24,25)/b3-2-,16-9+. The molecule has 152 valence electrons. The third kappa shape index (κ3) is 5.00. The highest BCUT2D eigenvalue weighted by molar-refractivity contribution is 6.32. The first-order valence-corrected chi connectivity index (χ1v) is 9.53. The lowest BCUT2D eigenvalue weighted by Crippen LogP contribution is -2.41. The molecule has 0 unspecified atom stereocenters. The molecular formula is C19H22ClN7O2. The van der Waals surface area contributed by atoms with Crippen LogP contribution in [0.2, 0.25) is 5.02 Å². The number of nitrogens with zero attached hydrogens (tertiary/aromatic N) is 5. The van der Waals surface area contributed by atoms with Crippen LogP contribution in [-0.4, -0.2) is 56.0 Å². The number of aldehydes is 1. The zero-order valence-electron chi connectivity index (χ0n) is 16.0. The van der Waals surface area contributed by atoms with E-state index in [1.54, 1.807) is 31.6 Å². The molecule has 1 amide bonds. The predicted molar refractivity (Wildman–Crippen MR) is 111 cm³/mol. The van der Waals surface area contributed by atoms with Gasteiger partial charge < -0.3 is 16.0 Å². The lowest BCUT2D eigenvalue weighted by molar-refractivity contribution is -0.129. The first-order chi connectivity index (χ1) is 14.0. The van der Waals surface area contributed by atoms with Crippen molar-refractivity contribution in [1.82, 2.24) is 24.6 Å². The van der Waals surface area contributed by atoms with Crippen molar-refractivity contribution >= 4 is 35.4 Å². The number of nitrogens with one attached hydrogen (secondary N) is 1. The van der Waals surface area contributed by atoms with Crippen molar-refractivity contribution in [3.8, 4) is 11.3 Å². The molecule has 29 heavy (non-hydrogen) atoms. The average molecular weight is 416 g/mol. The molecule has 10 heteroatoms. The van der Waals surface area contributed by atoms with Gasteiger partial charge in [-0.1, -0.05) is 11.6 Å². The first-order valence-electron chi connectivity index (χ1n) is 9.15. The Labute approximate surface area is 173 Å². The molecule has 1 fully saturated rings. The van der Waals surface area contributed by atoms with Crippen LogP contribution in [0.15, 0.2) is 36.9 Å². The van der Waals surface area contributed by atoms with Crippen LogP contribution in [0.4, 0.5) is 5.95 Å². The number of hydrogen-bond acceptors (Lipinski definition) is 7. The largest absolute Gasteiger partial charge is 0.403 e. The molecular weight excluding hydrogens is 394 g/mol. The minimum absolute atomic E-state index is 0.0966. The number of carbonyl (C=O) groups is 2. The molecule has 0 aromatic carbocycles. The van der Waals surface area contributed by atoms with E-state index in [0.29, 0.717) is 47.3 Å². The summed E-state index contributed by atoms with van der Waals surface area (Å²) >= 11 is 6.30. The van der Waals surface area contributed by atoms with Crippen LogP contribution >= 0.6 is 11.6 Å². The lowest BCUT2D eigenvalue weighted by Gasteiger charge is -2.31. The molecule has 1 aliphatic rings. The normalized spacial score (nSPS) is 15.7. The highest BCUT2D eigenvalue weighted by atomic mass is 35.5. The summed E-state index contributed by atoms with van der Waals surface area (Å²) in [5, 5.41) is 7.96. The second-order valence-corrected chi connectivity index (χ2v) is 6.98. The van der Waals surface area contributed by atoms with E-state index in [4.69, 9.17) is 17.3 Å². The van der Waals surface area contributed by atoms with Crippen molar-refractivity contribution in [3.63, 3.8) is 0 Å². The number of hydrogen-bond donors (Lipinski definition) is 2. The SMILES string of the molecule is CC(=O)N1CCC(Nc2ncc(Cl)c(-c3cnn(C(/C=C\C=O)=C/N)c3)n2)CC1. The van der Waals surface area contributed by atoms with Gasteiger partial charge in [-0.05, 0) is 25.0 Å². The Morgan fingerprint density at radius 3 is 2.76 bits per heavy atom. The van der Waals surface area contributed by atoms with Gasteiger partial charge in [-0.15, -0.1) is 0 Å².